The average Bonchev–Trinajstić information content (AvgIpc) is 3.30. The summed E-state index contributed by atoms with van der Waals surface area (Å²) < 4.78 is 40.0. The highest BCUT2D eigenvalue weighted by Crippen LogP contribution is 2.20. The first-order chi connectivity index (χ1) is 16.3. The van der Waals surface area contributed by atoms with Crippen LogP contribution in [0.5, 0.6) is 0 Å². The lowest BCUT2D eigenvalue weighted by atomic mass is 10.1. The molecule has 9 nitrogen and oxygen atoms in total. The molecular formula is C24H23NO8S. The van der Waals surface area contributed by atoms with E-state index in [9.17, 15) is 22.8 Å². The van der Waals surface area contributed by atoms with Crippen LogP contribution in [0.1, 0.15) is 21.7 Å². The highest BCUT2D eigenvalue weighted by Gasteiger charge is 2.26. The molecule has 1 heterocycles. The molecule has 0 aliphatic carbocycles. The number of methoxy groups -OCH3 is 1. The molecule has 1 aromatic heterocycles. The number of benzene rings is 2. The highest BCUT2D eigenvalue weighted by molar-refractivity contribution is 7.90. The van der Waals surface area contributed by atoms with Gasteiger partial charge in [-0.25, -0.2) is 18.0 Å². The van der Waals surface area contributed by atoms with E-state index in [1.54, 1.807) is 42.5 Å². The Labute approximate surface area is 196 Å². The molecule has 3 rings (SSSR count). The maximum Gasteiger partial charge on any atom is 0.375 e. The molecule has 0 saturated carbocycles. The molecule has 0 radical (unpaired) electrons. The predicted octanol–water partition coefficient (Wildman–Crippen LogP) is 2.31. The molecule has 34 heavy (non-hydrogen) atoms. The summed E-state index contributed by atoms with van der Waals surface area (Å²) in [7, 11) is -2.52. The first-order valence-corrected chi connectivity index (χ1v) is 11.9. The summed E-state index contributed by atoms with van der Waals surface area (Å²) in [5, 5.41) is 2.47. The number of carbonyl (C=O) groups is 3. The minimum atomic E-state index is -3.73. The Kier molecular flexibility index (Phi) is 8.20. The van der Waals surface area contributed by atoms with Gasteiger partial charge in [0.1, 0.15) is 6.04 Å². The van der Waals surface area contributed by atoms with Crippen LogP contribution in [0.25, 0.3) is 0 Å². The van der Waals surface area contributed by atoms with Gasteiger partial charge < -0.3 is 19.2 Å². The second-order valence-corrected chi connectivity index (χ2v) is 9.25. The molecule has 1 unspecified atom stereocenters. The van der Waals surface area contributed by atoms with Crippen LogP contribution in [0.2, 0.25) is 0 Å². The Morgan fingerprint density at radius 1 is 0.971 bits per heavy atom. The molecule has 178 valence electrons. The van der Waals surface area contributed by atoms with Gasteiger partial charge in [0.15, 0.2) is 16.4 Å². The van der Waals surface area contributed by atoms with Gasteiger partial charge in [-0.1, -0.05) is 48.5 Å². The number of nitrogens with one attached hydrogen (secondary N) is 1. The van der Waals surface area contributed by atoms with Crippen molar-refractivity contribution in [2.75, 3.05) is 13.7 Å². The average molecular weight is 486 g/mol. The zero-order chi connectivity index (χ0) is 24.6. The van der Waals surface area contributed by atoms with Crippen LogP contribution in [-0.2, 0) is 41.1 Å². The van der Waals surface area contributed by atoms with Gasteiger partial charge in [0.05, 0.1) is 24.0 Å². The van der Waals surface area contributed by atoms with Crippen molar-refractivity contribution >= 4 is 27.7 Å². The molecule has 0 saturated heterocycles. The van der Waals surface area contributed by atoms with Gasteiger partial charge >= 0.3 is 11.9 Å². The highest BCUT2D eigenvalue weighted by atomic mass is 32.2. The van der Waals surface area contributed by atoms with Gasteiger partial charge in [0.2, 0.25) is 5.76 Å². The molecule has 10 heteroatoms. The quantitative estimate of drug-likeness (QED) is 0.433. The SMILES string of the molecule is COC(=O)C(Cc1ccccc1)NC(=O)COC(=O)c1occc1CS(=O)(=O)c1ccccc1. The Morgan fingerprint density at radius 2 is 1.62 bits per heavy atom. The lowest BCUT2D eigenvalue weighted by molar-refractivity contribution is -0.145. The van der Waals surface area contributed by atoms with Crippen molar-refractivity contribution in [3.05, 3.63) is 89.9 Å². The number of furan rings is 1. The fraction of sp³-hybridized carbons (Fsp3) is 0.208. The van der Waals surface area contributed by atoms with E-state index in [-0.39, 0.29) is 22.6 Å². The molecular weight excluding hydrogens is 462 g/mol. The van der Waals surface area contributed by atoms with Crippen molar-refractivity contribution in [3.63, 3.8) is 0 Å². The van der Waals surface area contributed by atoms with E-state index in [2.05, 4.69) is 5.32 Å². The van der Waals surface area contributed by atoms with E-state index in [0.29, 0.717) is 0 Å². The molecule has 3 aromatic rings. The van der Waals surface area contributed by atoms with E-state index in [1.807, 2.05) is 6.07 Å². The lowest BCUT2D eigenvalue weighted by Crippen LogP contribution is -2.44. The van der Waals surface area contributed by atoms with Gasteiger partial charge in [0, 0.05) is 12.0 Å². The topological polar surface area (TPSA) is 129 Å². The fourth-order valence-electron chi connectivity index (χ4n) is 3.16. The Bertz CT molecular complexity index is 1240. The molecule has 0 aliphatic heterocycles. The maximum absolute atomic E-state index is 12.6. The molecule has 1 amide bonds. The van der Waals surface area contributed by atoms with E-state index in [1.165, 1.54) is 31.6 Å². The van der Waals surface area contributed by atoms with E-state index < -0.39 is 46.1 Å². The standard InChI is InChI=1S/C24H23NO8S/c1-31-23(27)20(14-17-8-4-2-5-9-17)25-21(26)15-33-24(28)22-18(12-13-32-22)16-34(29,30)19-10-6-3-7-11-19/h2-13,20H,14-16H2,1H3,(H,25,26). The summed E-state index contributed by atoms with van der Waals surface area (Å²) in [6, 6.07) is 17.2. The second-order valence-electron chi connectivity index (χ2n) is 7.26. The largest absolute Gasteiger partial charge is 0.467 e. The van der Waals surface area contributed by atoms with Crippen molar-refractivity contribution in [2.24, 2.45) is 0 Å². The van der Waals surface area contributed by atoms with Crippen LogP contribution < -0.4 is 5.32 Å². The number of amides is 1. The monoisotopic (exact) mass is 485 g/mol. The third kappa shape index (κ3) is 6.55. The third-order valence-corrected chi connectivity index (χ3v) is 6.50. The number of carbonyl (C=O) groups excluding carboxylic acids is 3. The summed E-state index contributed by atoms with van der Waals surface area (Å²) in [4.78, 5) is 36.9. The van der Waals surface area contributed by atoms with Crippen LogP contribution in [-0.4, -0.2) is 46.0 Å². The predicted molar refractivity (Wildman–Crippen MR) is 120 cm³/mol. The number of hydrogen-bond acceptors (Lipinski definition) is 8. The van der Waals surface area contributed by atoms with Gasteiger partial charge in [0.25, 0.3) is 5.91 Å². The van der Waals surface area contributed by atoms with Crippen molar-refractivity contribution in [3.8, 4) is 0 Å². The molecule has 1 atom stereocenters. The summed E-state index contributed by atoms with van der Waals surface area (Å²) in [5.74, 6) is -3.18. The van der Waals surface area contributed by atoms with E-state index in [0.717, 1.165) is 5.56 Å². The number of esters is 2. The summed E-state index contributed by atoms with van der Waals surface area (Å²) in [6.45, 7) is -0.702. The maximum atomic E-state index is 12.6. The van der Waals surface area contributed by atoms with Crippen LogP contribution in [0.15, 0.2) is 82.3 Å². The number of ether oxygens (including phenoxy) is 2. The van der Waals surface area contributed by atoms with Crippen molar-refractivity contribution in [1.82, 2.24) is 5.32 Å². The van der Waals surface area contributed by atoms with Gasteiger partial charge in [-0.2, -0.15) is 0 Å². The summed E-state index contributed by atoms with van der Waals surface area (Å²) in [6.07, 6.45) is 1.35. The lowest BCUT2D eigenvalue weighted by Gasteiger charge is -2.16. The summed E-state index contributed by atoms with van der Waals surface area (Å²) >= 11 is 0. The van der Waals surface area contributed by atoms with Gasteiger partial charge in [-0.3, -0.25) is 4.79 Å². The minimum absolute atomic E-state index is 0.0992. The van der Waals surface area contributed by atoms with Gasteiger partial charge in [-0.05, 0) is 23.8 Å². The zero-order valence-corrected chi connectivity index (χ0v) is 19.1. The molecule has 2 aromatic carbocycles. The molecule has 0 spiro atoms. The van der Waals surface area contributed by atoms with Crippen LogP contribution in [0.3, 0.4) is 0 Å². The van der Waals surface area contributed by atoms with Crippen LogP contribution in [0, 0.1) is 0 Å². The number of sulfone groups is 1. The Hall–Kier alpha value is -3.92. The second kappa shape index (κ2) is 11.3. The minimum Gasteiger partial charge on any atom is -0.467 e. The van der Waals surface area contributed by atoms with Gasteiger partial charge in [-0.15, -0.1) is 0 Å². The first kappa shape index (κ1) is 24.7. The Morgan fingerprint density at radius 3 is 2.26 bits per heavy atom. The Balaban J connectivity index is 1.60. The zero-order valence-electron chi connectivity index (χ0n) is 18.3. The number of rotatable bonds is 10. The van der Waals surface area contributed by atoms with E-state index >= 15 is 0 Å². The summed E-state index contributed by atoms with van der Waals surface area (Å²) in [5.41, 5.74) is 0.904. The molecule has 0 fully saturated rings. The molecule has 0 aliphatic rings. The van der Waals surface area contributed by atoms with Crippen molar-refractivity contribution in [2.45, 2.75) is 23.1 Å². The normalized spacial score (nSPS) is 11.9. The van der Waals surface area contributed by atoms with E-state index in [4.69, 9.17) is 13.9 Å². The molecule has 1 N–H and O–H groups in total. The number of hydrogen-bond donors (Lipinski definition) is 1. The van der Waals surface area contributed by atoms with Crippen molar-refractivity contribution in [1.29, 1.82) is 0 Å². The van der Waals surface area contributed by atoms with Crippen molar-refractivity contribution < 1.29 is 36.7 Å². The first-order valence-electron chi connectivity index (χ1n) is 10.2. The third-order valence-electron chi connectivity index (χ3n) is 4.82. The van der Waals surface area contributed by atoms with Crippen LogP contribution >= 0.6 is 0 Å². The molecule has 0 bridgehead atoms. The smallest absolute Gasteiger partial charge is 0.375 e. The fourth-order valence-corrected chi connectivity index (χ4v) is 4.54. The van der Waals surface area contributed by atoms with Crippen LogP contribution in [0.4, 0.5) is 0 Å².